The van der Waals surface area contributed by atoms with Crippen LogP contribution in [0.25, 0.3) is 11.0 Å². The number of phenolic OH excluding ortho intramolecular Hbond substituents is 1. The average Bonchev–Trinajstić information content (AvgIpc) is 2.23. The fraction of sp³-hybridized carbons (Fsp3) is 0.182. The van der Waals surface area contributed by atoms with Crippen LogP contribution in [0, 0.1) is 6.92 Å². The summed E-state index contributed by atoms with van der Waals surface area (Å²) in [4.78, 5) is 11.5. The third-order valence-corrected chi connectivity index (χ3v) is 2.35. The minimum absolute atomic E-state index is 0.0845. The molecule has 0 aliphatic carbocycles. The number of ether oxygens (including phenoxy) is 1. The number of benzene rings is 1. The molecule has 0 radical (unpaired) electrons. The summed E-state index contributed by atoms with van der Waals surface area (Å²) in [5, 5.41) is 10.0. The van der Waals surface area contributed by atoms with Crippen LogP contribution in [-0.4, -0.2) is 12.2 Å². The Morgan fingerprint density at radius 3 is 2.87 bits per heavy atom. The van der Waals surface area contributed by atoms with Crippen molar-refractivity contribution in [2.45, 2.75) is 6.92 Å². The Kier molecular flexibility index (Phi) is 2.11. The van der Waals surface area contributed by atoms with Gasteiger partial charge in [0.25, 0.3) is 0 Å². The molecule has 4 nitrogen and oxygen atoms in total. The molecule has 0 aliphatic heterocycles. The highest BCUT2D eigenvalue weighted by Crippen LogP contribution is 2.33. The van der Waals surface area contributed by atoms with Crippen LogP contribution in [0.15, 0.2) is 27.6 Å². The van der Waals surface area contributed by atoms with Crippen molar-refractivity contribution in [3.63, 3.8) is 0 Å². The van der Waals surface area contributed by atoms with Gasteiger partial charge in [0.15, 0.2) is 5.43 Å². The number of hydrogen-bond donors (Lipinski definition) is 1. The molecule has 0 bridgehead atoms. The minimum atomic E-state index is -0.264. The first-order valence-corrected chi connectivity index (χ1v) is 4.43. The minimum Gasteiger partial charge on any atom is -0.507 e. The smallest absolute Gasteiger partial charge is 0.196 e. The van der Waals surface area contributed by atoms with Gasteiger partial charge in [-0.3, -0.25) is 4.79 Å². The lowest BCUT2D eigenvalue weighted by Gasteiger charge is -2.08. The van der Waals surface area contributed by atoms with Gasteiger partial charge in [-0.1, -0.05) is 0 Å². The zero-order chi connectivity index (χ0) is 11.0. The van der Waals surface area contributed by atoms with Crippen molar-refractivity contribution in [2.75, 3.05) is 7.11 Å². The Hall–Kier alpha value is -1.97. The molecule has 0 aliphatic rings. The molecule has 0 saturated heterocycles. The molecule has 1 aromatic carbocycles. The lowest BCUT2D eigenvalue weighted by atomic mass is 10.1. The van der Waals surface area contributed by atoms with Crippen LogP contribution in [0.4, 0.5) is 0 Å². The van der Waals surface area contributed by atoms with Gasteiger partial charge in [-0.25, -0.2) is 0 Å². The standard InChI is InChI=1S/C11H10O4/c1-6-8(14-2)5-9-10(11(6)13)7(12)3-4-15-9/h3-5,13H,1-2H3. The predicted molar refractivity (Wildman–Crippen MR) is 55.4 cm³/mol. The lowest BCUT2D eigenvalue weighted by Crippen LogP contribution is -2.00. The number of rotatable bonds is 1. The van der Waals surface area contributed by atoms with E-state index in [0.29, 0.717) is 16.9 Å². The van der Waals surface area contributed by atoms with E-state index in [2.05, 4.69) is 0 Å². The SMILES string of the molecule is COc1cc2occc(=O)c2c(O)c1C. The van der Waals surface area contributed by atoms with Crippen LogP contribution in [-0.2, 0) is 0 Å². The number of fused-ring (bicyclic) bond motifs is 1. The molecule has 1 aromatic heterocycles. The van der Waals surface area contributed by atoms with Crippen molar-refractivity contribution in [3.8, 4) is 11.5 Å². The molecule has 1 N–H and O–H groups in total. The van der Waals surface area contributed by atoms with E-state index >= 15 is 0 Å². The van der Waals surface area contributed by atoms with E-state index in [1.54, 1.807) is 13.0 Å². The van der Waals surface area contributed by atoms with Crippen molar-refractivity contribution in [3.05, 3.63) is 34.2 Å². The van der Waals surface area contributed by atoms with Gasteiger partial charge in [-0.05, 0) is 6.92 Å². The maximum Gasteiger partial charge on any atom is 0.196 e. The maximum atomic E-state index is 11.5. The van der Waals surface area contributed by atoms with Crippen LogP contribution in [0.3, 0.4) is 0 Å². The second-order valence-corrected chi connectivity index (χ2v) is 3.21. The molecule has 2 aromatic rings. The molecular formula is C11H10O4. The normalized spacial score (nSPS) is 10.5. The first-order valence-electron chi connectivity index (χ1n) is 4.43. The summed E-state index contributed by atoms with van der Waals surface area (Å²) in [5.74, 6) is 0.410. The van der Waals surface area contributed by atoms with Gasteiger partial charge in [0, 0.05) is 17.7 Å². The zero-order valence-corrected chi connectivity index (χ0v) is 8.40. The zero-order valence-electron chi connectivity index (χ0n) is 8.40. The van der Waals surface area contributed by atoms with E-state index in [9.17, 15) is 9.90 Å². The van der Waals surface area contributed by atoms with Gasteiger partial charge in [0.2, 0.25) is 0 Å². The highest BCUT2D eigenvalue weighted by molar-refractivity contribution is 5.86. The second kappa shape index (κ2) is 3.31. The third-order valence-electron chi connectivity index (χ3n) is 2.35. The lowest BCUT2D eigenvalue weighted by molar-refractivity contribution is 0.403. The van der Waals surface area contributed by atoms with E-state index < -0.39 is 0 Å². The Labute approximate surface area is 85.7 Å². The van der Waals surface area contributed by atoms with Gasteiger partial charge < -0.3 is 14.3 Å². The first kappa shape index (κ1) is 9.58. The van der Waals surface area contributed by atoms with Crippen LogP contribution in [0.1, 0.15) is 5.56 Å². The quantitative estimate of drug-likeness (QED) is 0.773. The van der Waals surface area contributed by atoms with E-state index in [0.717, 1.165) is 0 Å². The van der Waals surface area contributed by atoms with Crippen molar-refractivity contribution in [2.24, 2.45) is 0 Å². The number of hydrogen-bond acceptors (Lipinski definition) is 4. The Balaban J connectivity index is 2.97. The van der Waals surface area contributed by atoms with Gasteiger partial charge >= 0.3 is 0 Å². The van der Waals surface area contributed by atoms with Gasteiger partial charge in [-0.2, -0.15) is 0 Å². The van der Waals surface area contributed by atoms with E-state index in [1.165, 1.54) is 19.4 Å². The van der Waals surface area contributed by atoms with Crippen LogP contribution >= 0.6 is 0 Å². The molecule has 0 spiro atoms. The molecule has 4 heteroatoms. The summed E-state index contributed by atoms with van der Waals surface area (Å²) in [6.45, 7) is 1.68. The monoisotopic (exact) mass is 206 g/mol. The molecule has 0 unspecified atom stereocenters. The topological polar surface area (TPSA) is 59.7 Å². The highest BCUT2D eigenvalue weighted by Gasteiger charge is 2.13. The van der Waals surface area contributed by atoms with E-state index in [-0.39, 0.29) is 16.6 Å². The number of aromatic hydroxyl groups is 1. The molecule has 15 heavy (non-hydrogen) atoms. The van der Waals surface area contributed by atoms with Crippen molar-refractivity contribution in [1.82, 2.24) is 0 Å². The van der Waals surface area contributed by atoms with Crippen LogP contribution in [0.2, 0.25) is 0 Å². The first-order chi connectivity index (χ1) is 7.15. The molecule has 0 atom stereocenters. The summed E-state index contributed by atoms with van der Waals surface area (Å²) in [6.07, 6.45) is 1.29. The van der Waals surface area contributed by atoms with Crippen molar-refractivity contribution in [1.29, 1.82) is 0 Å². The average molecular weight is 206 g/mol. The molecular weight excluding hydrogens is 196 g/mol. The van der Waals surface area contributed by atoms with Crippen LogP contribution in [0.5, 0.6) is 11.5 Å². The van der Waals surface area contributed by atoms with Gasteiger partial charge in [0.1, 0.15) is 22.5 Å². The predicted octanol–water partition coefficient (Wildman–Crippen LogP) is 1.82. The Morgan fingerprint density at radius 1 is 1.47 bits per heavy atom. The largest absolute Gasteiger partial charge is 0.507 e. The van der Waals surface area contributed by atoms with Crippen LogP contribution < -0.4 is 10.2 Å². The van der Waals surface area contributed by atoms with Crippen molar-refractivity contribution < 1.29 is 14.3 Å². The number of methoxy groups -OCH3 is 1. The summed E-state index contributed by atoms with van der Waals surface area (Å²) >= 11 is 0. The van der Waals surface area contributed by atoms with Gasteiger partial charge in [-0.15, -0.1) is 0 Å². The Morgan fingerprint density at radius 2 is 2.20 bits per heavy atom. The summed E-state index contributed by atoms with van der Waals surface area (Å²) in [6, 6.07) is 2.86. The second-order valence-electron chi connectivity index (χ2n) is 3.21. The van der Waals surface area contributed by atoms with Crippen molar-refractivity contribution >= 4 is 11.0 Å². The number of phenols is 1. The van der Waals surface area contributed by atoms with E-state index in [1.807, 2.05) is 0 Å². The maximum absolute atomic E-state index is 11.5. The summed E-state index contributed by atoms with van der Waals surface area (Å²) < 4.78 is 10.2. The molecule has 0 amide bonds. The Bertz CT molecular complexity index is 569. The molecule has 2 rings (SSSR count). The van der Waals surface area contributed by atoms with Gasteiger partial charge in [0.05, 0.1) is 13.4 Å². The third kappa shape index (κ3) is 1.34. The molecule has 1 heterocycles. The fourth-order valence-corrected chi connectivity index (χ4v) is 1.52. The summed E-state index contributed by atoms with van der Waals surface area (Å²) in [5.41, 5.74) is 0.588. The van der Waals surface area contributed by atoms with E-state index in [4.69, 9.17) is 9.15 Å². The fourth-order valence-electron chi connectivity index (χ4n) is 1.52. The molecule has 78 valence electrons. The highest BCUT2D eigenvalue weighted by atomic mass is 16.5. The summed E-state index contributed by atoms with van der Waals surface area (Å²) in [7, 11) is 1.49. The molecule has 0 saturated carbocycles. The molecule has 0 fully saturated rings.